The molecule has 0 bridgehead atoms. The molecule has 0 atom stereocenters. The molecule has 2 rings (SSSR count). The van der Waals surface area contributed by atoms with Crippen molar-refractivity contribution in [2.75, 3.05) is 13.6 Å². The molecule has 0 radical (unpaired) electrons. The molecule has 116 valence electrons. The van der Waals surface area contributed by atoms with Gasteiger partial charge in [-0.25, -0.2) is 13.1 Å². The molecule has 2 aromatic heterocycles. The van der Waals surface area contributed by atoms with Crippen molar-refractivity contribution < 1.29 is 12.9 Å². The maximum atomic E-state index is 12.2. The fourth-order valence-electron chi connectivity index (χ4n) is 1.84. The maximum Gasteiger partial charge on any atom is 0.260 e. The summed E-state index contributed by atoms with van der Waals surface area (Å²) >= 11 is 0. The van der Waals surface area contributed by atoms with Crippen LogP contribution < -0.4 is 10.0 Å². The average molecular weight is 314 g/mol. The molecule has 0 saturated heterocycles. The predicted octanol–water partition coefficient (Wildman–Crippen LogP) is -0.350. The first-order valence-corrected chi connectivity index (χ1v) is 7.89. The van der Waals surface area contributed by atoms with Gasteiger partial charge in [0, 0.05) is 30.8 Å². The number of aryl methyl sites for hydroxylation is 2. The molecule has 0 aliphatic carbocycles. The number of sulfonamides is 1. The second kappa shape index (κ2) is 6.33. The van der Waals surface area contributed by atoms with Crippen molar-refractivity contribution in [2.45, 2.75) is 31.8 Å². The smallest absolute Gasteiger partial charge is 0.260 e. The van der Waals surface area contributed by atoms with Crippen LogP contribution in [-0.4, -0.2) is 42.3 Å². The molecule has 21 heavy (non-hydrogen) atoms. The van der Waals surface area contributed by atoms with Crippen molar-refractivity contribution in [3.8, 4) is 0 Å². The highest BCUT2D eigenvalue weighted by molar-refractivity contribution is 7.89. The number of H-pyrrole nitrogens is 1. The maximum absolute atomic E-state index is 12.2. The monoisotopic (exact) mass is 314 g/mol. The first-order valence-electron chi connectivity index (χ1n) is 6.41. The lowest BCUT2D eigenvalue weighted by molar-refractivity contribution is 0.375. The molecule has 2 aromatic rings. The zero-order chi connectivity index (χ0) is 15.5. The van der Waals surface area contributed by atoms with Gasteiger partial charge in [0.2, 0.25) is 5.89 Å². The fourth-order valence-corrected chi connectivity index (χ4v) is 3.06. The highest BCUT2D eigenvalue weighted by atomic mass is 32.2. The quantitative estimate of drug-likeness (QED) is 0.637. The molecule has 0 saturated carbocycles. The number of aromatic nitrogens is 4. The van der Waals surface area contributed by atoms with Crippen LogP contribution >= 0.6 is 0 Å². The minimum absolute atomic E-state index is 0.0102. The van der Waals surface area contributed by atoms with Gasteiger partial charge in [-0.3, -0.25) is 5.10 Å². The molecule has 10 heteroatoms. The number of aromatic amines is 1. The SMILES string of the molecule is CNCc1c(S(=O)(=O)NCCc2nc(C)no2)n[nH]c1C. The lowest BCUT2D eigenvalue weighted by Gasteiger charge is -2.05. The van der Waals surface area contributed by atoms with E-state index in [-0.39, 0.29) is 11.6 Å². The summed E-state index contributed by atoms with van der Waals surface area (Å²) < 4.78 is 31.9. The van der Waals surface area contributed by atoms with Crippen molar-refractivity contribution in [1.82, 2.24) is 30.4 Å². The zero-order valence-corrected chi connectivity index (χ0v) is 12.9. The lowest BCUT2D eigenvalue weighted by Crippen LogP contribution is -2.27. The summed E-state index contributed by atoms with van der Waals surface area (Å²) in [5.74, 6) is 0.913. The summed E-state index contributed by atoms with van der Waals surface area (Å²) in [6.45, 7) is 4.06. The van der Waals surface area contributed by atoms with Crippen LogP contribution in [0, 0.1) is 13.8 Å². The van der Waals surface area contributed by atoms with Crippen molar-refractivity contribution in [3.05, 3.63) is 23.0 Å². The van der Waals surface area contributed by atoms with E-state index >= 15 is 0 Å². The highest BCUT2D eigenvalue weighted by Gasteiger charge is 2.23. The summed E-state index contributed by atoms with van der Waals surface area (Å²) in [5, 5.41) is 13.1. The van der Waals surface area contributed by atoms with E-state index in [0.717, 1.165) is 5.69 Å². The van der Waals surface area contributed by atoms with E-state index in [1.165, 1.54) is 0 Å². The average Bonchev–Trinajstić information content (AvgIpc) is 2.98. The first kappa shape index (κ1) is 15.6. The molecule has 2 heterocycles. The summed E-state index contributed by atoms with van der Waals surface area (Å²) in [6.07, 6.45) is 0.324. The molecule has 0 aromatic carbocycles. The Morgan fingerprint density at radius 3 is 2.71 bits per heavy atom. The Balaban J connectivity index is 2.04. The summed E-state index contributed by atoms with van der Waals surface area (Å²) in [6, 6.07) is 0. The molecular formula is C11H18N6O3S. The van der Waals surface area contributed by atoms with Crippen LogP contribution in [0.15, 0.2) is 9.55 Å². The Morgan fingerprint density at radius 1 is 1.33 bits per heavy atom. The van der Waals surface area contributed by atoms with E-state index < -0.39 is 10.0 Å². The van der Waals surface area contributed by atoms with Gasteiger partial charge >= 0.3 is 0 Å². The Labute approximate surface area is 122 Å². The molecule has 0 fully saturated rings. The van der Waals surface area contributed by atoms with Crippen LogP contribution in [0.1, 0.15) is 23.0 Å². The molecule has 0 amide bonds. The van der Waals surface area contributed by atoms with E-state index in [9.17, 15) is 8.42 Å². The lowest BCUT2D eigenvalue weighted by atomic mass is 10.3. The predicted molar refractivity (Wildman–Crippen MR) is 74.0 cm³/mol. The van der Waals surface area contributed by atoms with Crippen LogP contribution in [-0.2, 0) is 23.0 Å². The molecule has 0 unspecified atom stereocenters. The zero-order valence-electron chi connectivity index (χ0n) is 12.1. The largest absolute Gasteiger partial charge is 0.339 e. The second-order valence-corrected chi connectivity index (χ2v) is 6.23. The van der Waals surface area contributed by atoms with Crippen LogP contribution in [0.5, 0.6) is 0 Å². The Morgan fingerprint density at radius 2 is 2.10 bits per heavy atom. The highest BCUT2D eigenvalue weighted by Crippen LogP contribution is 2.15. The number of hydrogen-bond donors (Lipinski definition) is 3. The van der Waals surface area contributed by atoms with Gasteiger partial charge in [0.25, 0.3) is 10.0 Å². The van der Waals surface area contributed by atoms with Gasteiger partial charge in [0.1, 0.15) is 0 Å². The Hall–Kier alpha value is -1.78. The third kappa shape index (κ3) is 3.65. The number of hydrogen-bond acceptors (Lipinski definition) is 7. The summed E-state index contributed by atoms with van der Waals surface area (Å²) in [7, 11) is -1.93. The van der Waals surface area contributed by atoms with Crippen LogP contribution in [0.2, 0.25) is 0 Å². The van der Waals surface area contributed by atoms with E-state index in [1.807, 2.05) is 0 Å². The number of nitrogens with one attached hydrogen (secondary N) is 3. The van der Waals surface area contributed by atoms with E-state index in [4.69, 9.17) is 4.52 Å². The van der Waals surface area contributed by atoms with E-state index in [0.29, 0.717) is 30.2 Å². The Bertz CT molecular complexity index is 705. The van der Waals surface area contributed by atoms with Gasteiger partial charge in [-0.2, -0.15) is 10.1 Å². The third-order valence-electron chi connectivity index (χ3n) is 2.84. The van der Waals surface area contributed by atoms with Gasteiger partial charge in [-0.1, -0.05) is 5.16 Å². The van der Waals surface area contributed by atoms with Gasteiger partial charge < -0.3 is 9.84 Å². The van der Waals surface area contributed by atoms with Crippen LogP contribution in [0.4, 0.5) is 0 Å². The molecule has 0 aliphatic rings. The van der Waals surface area contributed by atoms with Crippen LogP contribution in [0.3, 0.4) is 0 Å². The molecule has 9 nitrogen and oxygen atoms in total. The second-order valence-electron chi connectivity index (χ2n) is 4.55. The number of nitrogens with zero attached hydrogens (tertiary/aromatic N) is 3. The molecular weight excluding hydrogens is 296 g/mol. The van der Waals surface area contributed by atoms with Gasteiger partial charge in [-0.05, 0) is 20.9 Å². The van der Waals surface area contributed by atoms with Crippen LogP contribution in [0.25, 0.3) is 0 Å². The molecule has 0 spiro atoms. The molecule has 0 aliphatic heterocycles. The van der Waals surface area contributed by atoms with Gasteiger partial charge in [-0.15, -0.1) is 0 Å². The van der Waals surface area contributed by atoms with E-state index in [2.05, 4.69) is 30.4 Å². The van der Waals surface area contributed by atoms with Crippen molar-refractivity contribution in [1.29, 1.82) is 0 Å². The Kier molecular flexibility index (Phi) is 4.70. The topological polar surface area (TPSA) is 126 Å². The minimum Gasteiger partial charge on any atom is -0.339 e. The minimum atomic E-state index is -3.68. The van der Waals surface area contributed by atoms with Crippen molar-refractivity contribution in [3.63, 3.8) is 0 Å². The fraction of sp³-hybridized carbons (Fsp3) is 0.545. The molecule has 3 N–H and O–H groups in total. The number of rotatable bonds is 7. The van der Waals surface area contributed by atoms with Gasteiger partial charge in [0.15, 0.2) is 10.9 Å². The first-order chi connectivity index (χ1) is 9.94. The standard InChI is InChI=1S/C11H18N6O3S/c1-7-9(6-12-3)11(16-15-7)21(18,19)13-5-4-10-14-8(2)17-20-10/h12-13H,4-6H2,1-3H3,(H,15,16). The summed E-state index contributed by atoms with van der Waals surface area (Å²) in [5.41, 5.74) is 1.34. The van der Waals surface area contributed by atoms with E-state index in [1.54, 1.807) is 20.9 Å². The van der Waals surface area contributed by atoms with Gasteiger partial charge in [0.05, 0.1) is 0 Å². The van der Waals surface area contributed by atoms with Crippen molar-refractivity contribution in [2.24, 2.45) is 0 Å². The third-order valence-corrected chi connectivity index (χ3v) is 4.28. The van der Waals surface area contributed by atoms with Crippen molar-refractivity contribution >= 4 is 10.0 Å². The normalized spacial score (nSPS) is 12.0. The summed E-state index contributed by atoms with van der Waals surface area (Å²) in [4.78, 5) is 4.01.